The fourth-order valence-corrected chi connectivity index (χ4v) is 2.95. The van der Waals surface area contributed by atoms with Gasteiger partial charge in [0.05, 0.1) is 5.69 Å². The highest BCUT2D eigenvalue weighted by Gasteiger charge is 2.11. The first-order valence-corrected chi connectivity index (χ1v) is 7.67. The molecule has 0 N–H and O–H groups in total. The first-order valence-electron chi connectivity index (χ1n) is 6.34. The van der Waals surface area contributed by atoms with Crippen molar-refractivity contribution in [2.24, 2.45) is 0 Å². The molecule has 19 heavy (non-hydrogen) atoms. The molecule has 0 unspecified atom stereocenters. The lowest BCUT2D eigenvalue weighted by Crippen LogP contribution is -2.16. The van der Waals surface area contributed by atoms with Crippen LogP contribution in [0.2, 0.25) is 0 Å². The minimum Gasteiger partial charge on any atom is -0.341 e. The highest BCUT2D eigenvalue weighted by Crippen LogP contribution is 2.33. The fourth-order valence-electron chi connectivity index (χ4n) is 2.14. The molecule has 2 rings (SSSR count). The van der Waals surface area contributed by atoms with Crippen LogP contribution in [0.5, 0.6) is 0 Å². The summed E-state index contributed by atoms with van der Waals surface area (Å²) < 4.78 is 1.08. The van der Waals surface area contributed by atoms with Crippen LogP contribution in [-0.4, -0.2) is 6.54 Å². The van der Waals surface area contributed by atoms with Crippen LogP contribution < -0.4 is 4.90 Å². The smallest absolute Gasteiger partial charge is 0.0555 e. The zero-order chi connectivity index (χ0) is 13.8. The second-order valence-corrected chi connectivity index (χ2v) is 5.62. The third-order valence-electron chi connectivity index (χ3n) is 3.09. The SMILES string of the molecule is CCN(c1cccc(C)c1)c1ccc(CCl)cc1Br. The number of hydrogen-bond acceptors (Lipinski definition) is 1. The van der Waals surface area contributed by atoms with E-state index in [0.717, 1.165) is 16.6 Å². The molecule has 0 fully saturated rings. The van der Waals surface area contributed by atoms with Crippen LogP contribution in [-0.2, 0) is 5.88 Å². The van der Waals surface area contributed by atoms with Crippen molar-refractivity contribution < 1.29 is 0 Å². The van der Waals surface area contributed by atoms with Gasteiger partial charge in [-0.3, -0.25) is 0 Å². The average Bonchev–Trinajstić information content (AvgIpc) is 2.41. The molecule has 0 aliphatic carbocycles. The van der Waals surface area contributed by atoms with Gasteiger partial charge >= 0.3 is 0 Å². The maximum absolute atomic E-state index is 5.87. The number of alkyl halides is 1. The molecule has 2 aromatic carbocycles. The van der Waals surface area contributed by atoms with Crippen molar-refractivity contribution in [2.75, 3.05) is 11.4 Å². The maximum atomic E-state index is 5.87. The summed E-state index contributed by atoms with van der Waals surface area (Å²) in [6.45, 7) is 5.19. The van der Waals surface area contributed by atoms with Crippen molar-refractivity contribution in [2.45, 2.75) is 19.7 Å². The zero-order valence-corrected chi connectivity index (χ0v) is 13.5. The van der Waals surface area contributed by atoms with Crippen molar-refractivity contribution in [3.8, 4) is 0 Å². The van der Waals surface area contributed by atoms with Gasteiger partial charge in [-0.15, -0.1) is 11.6 Å². The van der Waals surface area contributed by atoms with E-state index in [-0.39, 0.29) is 0 Å². The van der Waals surface area contributed by atoms with Crippen LogP contribution in [0.25, 0.3) is 0 Å². The first kappa shape index (κ1) is 14.4. The summed E-state index contributed by atoms with van der Waals surface area (Å²) in [5.41, 5.74) is 4.77. The molecule has 0 spiro atoms. The van der Waals surface area contributed by atoms with Gasteiger partial charge in [0.2, 0.25) is 0 Å². The van der Waals surface area contributed by atoms with E-state index in [1.54, 1.807) is 0 Å². The van der Waals surface area contributed by atoms with E-state index in [4.69, 9.17) is 11.6 Å². The molecule has 0 atom stereocenters. The van der Waals surface area contributed by atoms with E-state index in [9.17, 15) is 0 Å². The molecule has 0 amide bonds. The van der Waals surface area contributed by atoms with Gasteiger partial charge in [0, 0.05) is 22.6 Å². The second-order valence-electron chi connectivity index (χ2n) is 4.50. The molecule has 3 heteroatoms. The molecule has 1 nitrogen and oxygen atoms in total. The molecule has 0 heterocycles. The number of halogens is 2. The number of nitrogens with zero attached hydrogens (tertiary/aromatic N) is 1. The third kappa shape index (κ3) is 3.31. The van der Waals surface area contributed by atoms with Crippen molar-refractivity contribution in [3.63, 3.8) is 0 Å². The Hall–Kier alpha value is -0.990. The molecular weight excluding hydrogens is 322 g/mol. The Bertz CT molecular complexity index is 568. The van der Waals surface area contributed by atoms with Crippen LogP contribution in [0.3, 0.4) is 0 Å². The van der Waals surface area contributed by atoms with E-state index in [2.05, 4.69) is 77.1 Å². The van der Waals surface area contributed by atoms with Crippen molar-refractivity contribution >= 4 is 38.9 Å². The molecule has 0 aliphatic heterocycles. The van der Waals surface area contributed by atoms with Crippen molar-refractivity contribution in [3.05, 3.63) is 58.1 Å². The second kappa shape index (κ2) is 6.44. The molecule has 2 aromatic rings. The fraction of sp³-hybridized carbons (Fsp3) is 0.250. The van der Waals surface area contributed by atoms with Crippen LogP contribution in [0, 0.1) is 6.92 Å². The van der Waals surface area contributed by atoms with Crippen LogP contribution in [0.4, 0.5) is 11.4 Å². The monoisotopic (exact) mass is 337 g/mol. The van der Waals surface area contributed by atoms with E-state index in [1.165, 1.54) is 16.9 Å². The van der Waals surface area contributed by atoms with Gasteiger partial charge in [-0.2, -0.15) is 0 Å². The van der Waals surface area contributed by atoms with Crippen molar-refractivity contribution in [1.29, 1.82) is 0 Å². The van der Waals surface area contributed by atoms with E-state index >= 15 is 0 Å². The van der Waals surface area contributed by atoms with E-state index < -0.39 is 0 Å². The number of anilines is 2. The minimum atomic E-state index is 0.537. The Morgan fingerprint density at radius 3 is 2.53 bits per heavy atom. The average molecular weight is 339 g/mol. The van der Waals surface area contributed by atoms with Crippen LogP contribution >= 0.6 is 27.5 Å². The number of aryl methyl sites for hydroxylation is 1. The van der Waals surface area contributed by atoms with Gasteiger partial charge < -0.3 is 4.90 Å². The summed E-state index contributed by atoms with van der Waals surface area (Å²) in [4.78, 5) is 2.29. The maximum Gasteiger partial charge on any atom is 0.0555 e. The normalized spacial score (nSPS) is 10.5. The summed E-state index contributed by atoms with van der Waals surface area (Å²) in [5.74, 6) is 0.537. The summed E-state index contributed by atoms with van der Waals surface area (Å²) in [5, 5.41) is 0. The van der Waals surface area contributed by atoms with Gasteiger partial charge in [-0.25, -0.2) is 0 Å². The highest BCUT2D eigenvalue weighted by atomic mass is 79.9. The number of benzene rings is 2. The topological polar surface area (TPSA) is 3.24 Å². The molecular formula is C16H17BrClN. The zero-order valence-electron chi connectivity index (χ0n) is 11.2. The largest absolute Gasteiger partial charge is 0.341 e. The number of rotatable bonds is 4. The summed E-state index contributed by atoms with van der Waals surface area (Å²) >= 11 is 9.51. The third-order valence-corrected chi connectivity index (χ3v) is 4.03. The molecule has 0 saturated heterocycles. The Morgan fingerprint density at radius 1 is 1.16 bits per heavy atom. The van der Waals surface area contributed by atoms with E-state index in [0.29, 0.717) is 5.88 Å². The summed E-state index contributed by atoms with van der Waals surface area (Å²) in [6.07, 6.45) is 0. The molecule has 0 bridgehead atoms. The van der Waals surface area contributed by atoms with Gasteiger partial charge in [0.25, 0.3) is 0 Å². The Kier molecular flexibility index (Phi) is 4.89. The first-order chi connectivity index (χ1) is 9.15. The molecule has 0 radical (unpaired) electrons. The highest BCUT2D eigenvalue weighted by molar-refractivity contribution is 9.10. The van der Waals surface area contributed by atoms with Crippen molar-refractivity contribution in [1.82, 2.24) is 0 Å². The summed E-state index contributed by atoms with van der Waals surface area (Å²) in [6, 6.07) is 14.8. The van der Waals surface area contributed by atoms with Gasteiger partial charge in [0.1, 0.15) is 0 Å². The van der Waals surface area contributed by atoms with E-state index in [1.807, 2.05) is 0 Å². The Balaban J connectivity index is 2.42. The molecule has 0 aliphatic rings. The predicted molar refractivity (Wildman–Crippen MR) is 87.6 cm³/mol. The Labute approximate surface area is 128 Å². The quantitative estimate of drug-likeness (QED) is 0.651. The van der Waals surface area contributed by atoms with Crippen LogP contribution in [0.1, 0.15) is 18.1 Å². The summed E-state index contributed by atoms with van der Waals surface area (Å²) in [7, 11) is 0. The molecule has 100 valence electrons. The van der Waals surface area contributed by atoms with Gasteiger partial charge in [-0.05, 0) is 65.2 Å². The lowest BCUT2D eigenvalue weighted by Gasteiger charge is -2.25. The molecule has 0 aromatic heterocycles. The predicted octanol–water partition coefficient (Wildman–Crippen LogP) is 5.65. The standard InChI is InChI=1S/C16H17BrClN/c1-3-19(14-6-4-5-12(2)9-14)16-8-7-13(11-18)10-15(16)17/h4-10H,3,11H2,1-2H3. The lowest BCUT2D eigenvalue weighted by molar-refractivity contribution is 1.02. The minimum absolute atomic E-state index is 0.537. The van der Waals surface area contributed by atoms with Gasteiger partial charge in [0.15, 0.2) is 0 Å². The Morgan fingerprint density at radius 2 is 1.95 bits per heavy atom. The number of hydrogen-bond donors (Lipinski definition) is 0. The molecule has 0 saturated carbocycles. The van der Waals surface area contributed by atoms with Gasteiger partial charge in [-0.1, -0.05) is 18.2 Å². The van der Waals surface area contributed by atoms with Crippen LogP contribution in [0.15, 0.2) is 46.9 Å². The lowest BCUT2D eigenvalue weighted by atomic mass is 10.1.